The maximum Gasteiger partial charge on any atom is 0.282 e. The Kier molecular flexibility index (Phi) is 3.60. The molecule has 0 spiro atoms. The number of benzene rings is 1. The highest BCUT2D eigenvalue weighted by atomic mass is 16.6. The summed E-state index contributed by atoms with van der Waals surface area (Å²) in [5, 5.41) is 26.1. The minimum atomic E-state index is -0.713. The van der Waals surface area contributed by atoms with Gasteiger partial charge in [0.1, 0.15) is 11.3 Å². The van der Waals surface area contributed by atoms with Crippen LogP contribution in [-0.4, -0.2) is 26.1 Å². The van der Waals surface area contributed by atoms with Gasteiger partial charge in [0.05, 0.1) is 11.5 Å². The molecule has 0 bridgehead atoms. The molecule has 9 heteroatoms. The Balaban J connectivity index is 2.16. The molecule has 2 rings (SSSR count). The minimum Gasteiger partial charge on any atom is -0.508 e. The number of hydrogen-bond donors (Lipinski definition) is 2. The lowest BCUT2D eigenvalue weighted by Gasteiger charge is -2.04. The van der Waals surface area contributed by atoms with Crippen LogP contribution in [0.15, 0.2) is 22.7 Å². The molecule has 1 amide bonds. The van der Waals surface area contributed by atoms with Gasteiger partial charge in [0, 0.05) is 13.0 Å². The van der Waals surface area contributed by atoms with E-state index in [1.54, 1.807) is 6.92 Å². The van der Waals surface area contributed by atoms with Crippen LogP contribution in [0.3, 0.4) is 0 Å². The molecule has 2 N–H and O–H groups in total. The number of aromatic nitrogens is 2. The van der Waals surface area contributed by atoms with Crippen molar-refractivity contribution in [2.24, 2.45) is 0 Å². The zero-order chi connectivity index (χ0) is 14.7. The number of hydrogen-bond acceptors (Lipinski definition) is 7. The van der Waals surface area contributed by atoms with E-state index < -0.39 is 16.5 Å². The molecule has 0 saturated carbocycles. The number of aryl methyl sites for hydroxylation is 1. The van der Waals surface area contributed by atoms with Crippen molar-refractivity contribution in [3.8, 4) is 5.75 Å². The van der Waals surface area contributed by atoms with Crippen LogP contribution < -0.4 is 5.32 Å². The van der Waals surface area contributed by atoms with Crippen LogP contribution in [0.25, 0.3) is 0 Å². The van der Waals surface area contributed by atoms with Crippen molar-refractivity contribution in [1.29, 1.82) is 0 Å². The molecule has 0 aliphatic carbocycles. The highest BCUT2D eigenvalue weighted by Gasteiger charge is 2.20. The number of carbonyl (C=O) groups is 1. The van der Waals surface area contributed by atoms with Gasteiger partial charge >= 0.3 is 0 Å². The molecule has 0 atom stereocenters. The number of rotatable bonds is 4. The molecule has 1 aromatic heterocycles. The average Bonchev–Trinajstić information content (AvgIpc) is 2.81. The predicted octanol–water partition coefficient (Wildman–Crippen LogP) is 0.922. The molecular formula is C11H10N4O5. The fourth-order valence-electron chi connectivity index (χ4n) is 1.53. The third-order valence-corrected chi connectivity index (χ3v) is 2.40. The third-order valence-electron chi connectivity index (χ3n) is 2.40. The van der Waals surface area contributed by atoms with Crippen LogP contribution in [0.2, 0.25) is 0 Å². The van der Waals surface area contributed by atoms with E-state index in [-0.39, 0.29) is 23.7 Å². The van der Waals surface area contributed by atoms with Gasteiger partial charge in [-0.15, -0.1) is 0 Å². The number of phenols is 1. The van der Waals surface area contributed by atoms with Crippen molar-refractivity contribution >= 4 is 11.6 Å². The average molecular weight is 278 g/mol. The molecule has 0 aliphatic rings. The number of nitrogens with zero attached hydrogens (tertiary/aromatic N) is 3. The number of nitro groups is 1. The van der Waals surface area contributed by atoms with E-state index in [0.717, 1.165) is 18.2 Å². The normalized spacial score (nSPS) is 10.2. The Morgan fingerprint density at radius 2 is 2.30 bits per heavy atom. The SMILES string of the molecule is Cc1nc(CNC(=O)c2cc(O)ccc2[N+](=O)[O-])no1. The molecule has 0 fully saturated rings. The second-order valence-corrected chi connectivity index (χ2v) is 3.87. The van der Waals surface area contributed by atoms with E-state index in [9.17, 15) is 20.0 Å². The number of nitro benzene ring substituents is 1. The van der Waals surface area contributed by atoms with Crippen molar-refractivity contribution in [2.75, 3.05) is 0 Å². The summed E-state index contributed by atoms with van der Waals surface area (Å²) in [7, 11) is 0. The quantitative estimate of drug-likeness (QED) is 0.627. The van der Waals surface area contributed by atoms with Crippen LogP contribution in [0.1, 0.15) is 22.1 Å². The number of amides is 1. The summed E-state index contributed by atoms with van der Waals surface area (Å²) in [5.41, 5.74) is -0.639. The highest BCUT2D eigenvalue weighted by molar-refractivity contribution is 5.98. The molecule has 0 unspecified atom stereocenters. The van der Waals surface area contributed by atoms with Gasteiger partial charge in [0.15, 0.2) is 5.82 Å². The number of phenolic OH excluding ortho intramolecular Hbond substituents is 1. The first kappa shape index (κ1) is 13.5. The van der Waals surface area contributed by atoms with Gasteiger partial charge in [-0.05, 0) is 12.1 Å². The van der Waals surface area contributed by atoms with E-state index >= 15 is 0 Å². The standard InChI is InChI=1S/C11H10N4O5/c1-6-13-10(14-20-6)5-12-11(17)8-4-7(16)2-3-9(8)15(18)19/h2-4,16H,5H2,1H3,(H,12,17). The van der Waals surface area contributed by atoms with Gasteiger partial charge in [-0.3, -0.25) is 14.9 Å². The first-order valence-corrected chi connectivity index (χ1v) is 5.52. The zero-order valence-corrected chi connectivity index (χ0v) is 10.4. The van der Waals surface area contributed by atoms with Crippen molar-refractivity contribution in [1.82, 2.24) is 15.5 Å². The topological polar surface area (TPSA) is 131 Å². The Bertz CT molecular complexity index is 667. The maximum atomic E-state index is 11.9. The molecule has 20 heavy (non-hydrogen) atoms. The van der Waals surface area contributed by atoms with E-state index in [1.165, 1.54) is 0 Å². The minimum absolute atomic E-state index is 0.0387. The summed E-state index contributed by atoms with van der Waals surface area (Å²) < 4.78 is 4.72. The van der Waals surface area contributed by atoms with E-state index in [1.807, 2.05) is 0 Å². The molecule has 9 nitrogen and oxygen atoms in total. The van der Waals surface area contributed by atoms with Gasteiger partial charge in [0.25, 0.3) is 11.6 Å². The van der Waals surface area contributed by atoms with Crippen molar-refractivity contribution in [2.45, 2.75) is 13.5 Å². The molecule has 1 aromatic carbocycles. The van der Waals surface area contributed by atoms with Gasteiger partial charge in [-0.2, -0.15) is 4.98 Å². The first-order chi connectivity index (χ1) is 9.47. The summed E-state index contributed by atoms with van der Waals surface area (Å²) in [6.07, 6.45) is 0. The smallest absolute Gasteiger partial charge is 0.282 e. The van der Waals surface area contributed by atoms with Crippen LogP contribution in [-0.2, 0) is 6.54 Å². The fraction of sp³-hybridized carbons (Fsp3) is 0.182. The van der Waals surface area contributed by atoms with E-state index in [0.29, 0.717) is 5.89 Å². The van der Waals surface area contributed by atoms with Gasteiger partial charge < -0.3 is 14.9 Å². The second-order valence-electron chi connectivity index (χ2n) is 3.87. The molecule has 2 aromatic rings. The maximum absolute atomic E-state index is 11.9. The lowest BCUT2D eigenvalue weighted by molar-refractivity contribution is -0.385. The molecule has 1 heterocycles. The molecule has 0 radical (unpaired) electrons. The molecule has 0 saturated heterocycles. The summed E-state index contributed by atoms with van der Waals surface area (Å²) in [6, 6.07) is 3.22. The summed E-state index contributed by atoms with van der Waals surface area (Å²) in [4.78, 5) is 25.9. The zero-order valence-electron chi connectivity index (χ0n) is 10.4. The first-order valence-electron chi connectivity index (χ1n) is 5.52. The van der Waals surface area contributed by atoms with Crippen LogP contribution in [0, 0.1) is 17.0 Å². The summed E-state index contributed by atoms with van der Waals surface area (Å²) >= 11 is 0. The number of nitrogens with one attached hydrogen (secondary N) is 1. The molecular weight excluding hydrogens is 268 g/mol. The second kappa shape index (κ2) is 5.34. The fourth-order valence-corrected chi connectivity index (χ4v) is 1.53. The predicted molar refractivity (Wildman–Crippen MR) is 65.0 cm³/mol. The van der Waals surface area contributed by atoms with Crippen LogP contribution >= 0.6 is 0 Å². The largest absolute Gasteiger partial charge is 0.508 e. The van der Waals surface area contributed by atoms with Crippen LogP contribution in [0.4, 0.5) is 5.69 Å². The van der Waals surface area contributed by atoms with Crippen LogP contribution in [0.5, 0.6) is 5.75 Å². The number of aromatic hydroxyl groups is 1. The van der Waals surface area contributed by atoms with E-state index in [2.05, 4.69) is 15.5 Å². The lowest BCUT2D eigenvalue weighted by Crippen LogP contribution is -2.24. The van der Waals surface area contributed by atoms with Gasteiger partial charge in [-0.25, -0.2) is 0 Å². The van der Waals surface area contributed by atoms with E-state index in [4.69, 9.17) is 4.52 Å². The van der Waals surface area contributed by atoms with Gasteiger partial charge in [-0.1, -0.05) is 5.16 Å². The third kappa shape index (κ3) is 2.88. The van der Waals surface area contributed by atoms with Gasteiger partial charge in [0.2, 0.25) is 5.89 Å². The monoisotopic (exact) mass is 278 g/mol. The Hall–Kier alpha value is -2.97. The van der Waals surface area contributed by atoms with Crippen molar-refractivity contribution in [3.05, 3.63) is 45.6 Å². The summed E-state index contributed by atoms with van der Waals surface area (Å²) in [6.45, 7) is 1.56. The Morgan fingerprint density at radius 3 is 2.90 bits per heavy atom. The molecule has 104 valence electrons. The highest BCUT2D eigenvalue weighted by Crippen LogP contribution is 2.23. The Labute approximate surface area is 112 Å². The number of carbonyl (C=O) groups excluding carboxylic acids is 1. The summed E-state index contributed by atoms with van der Waals surface area (Å²) in [5.74, 6) is -0.359. The lowest BCUT2D eigenvalue weighted by atomic mass is 10.1. The Morgan fingerprint density at radius 1 is 1.55 bits per heavy atom. The van der Waals surface area contributed by atoms with Crippen molar-refractivity contribution < 1.29 is 19.3 Å². The van der Waals surface area contributed by atoms with Crippen molar-refractivity contribution in [3.63, 3.8) is 0 Å². The molecule has 0 aliphatic heterocycles.